The molecule has 0 aliphatic heterocycles. The largest absolute Gasteiger partial charge is 0.321 e. The van der Waals surface area contributed by atoms with Crippen molar-refractivity contribution >= 4 is 43.5 Å². The molecule has 1 heterocycles. The molecule has 1 N–H and O–H groups in total. The van der Waals surface area contributed by atoms with Gasteiger partial charge in [0.2, 0.25) is 0 Å². The lowest BCUT2D eigenvalue weighted by Gasteiger charge is -2.06. The zero-order valence-corrected chi connectivity index (χ0v) is 12.7. The molecule has 1 amide bonds. The molecule has 0 unspecified atom stereocenters. The Hall–Kier alpha value is -1.20. The summed E-state index contributed by atoms with van der Waals surface area (Å²) in [5, 5.41) is 2.81. The Labute approximate surface area is 122 Å². The minimum atomic E-state index is -0.222. The van der Waals surface area contributed by atoms with E-state index in [-0.39, 0.29) is 5.91 Å². The lowest BCUT2D eigenvalue weighted by atomic mass is 10.2. The van der Waals surface area contributed by atoms with Crippen molar-refractivity contribution in [1.82, 2.24) is 4.98 Å². The molecule has 0 saturated carbocycles. The molecule has 0 aliphatic carbocycles. The van der Waals surface area contributed by atoms with Crippen molar-refractivity contribution in [1.29, 1.82) is 0 Å². The van der Waals surface area contributed by atoms with Crippen molar-refractivity contribution in [2.45, 2.75) is 6.92 Å². The third kappa shape index (κ3) is 3.40. The molecule has 18 heavy (non-hydrogen) atoms. The van der Waals surface area contributed by atoms with Crippen molar-refractivity contribution < 1.29 is 4.79 Å². The summed E-state index contributed by atoms with van der Waals surface area (Å²) in [5.41, 5.74) is 2.20. The van der Waals surface area contributed by atoms with Crippen molar-refractivity contribution in [3.63, 3.8) is 0 Å². The molecule has 5 heteroatoms. The molecule has 92 valence electrons. The fraction of sp³-hybridized carbons (Fsp3) is 0.0769. The molecule has 2 aromatic rings. The summed E-state index contributed by atoms with van der Waals surface area (Å²) in [4.78, 5) is 16.0. The average Bonchev–Trinajstić information content (AvgIpc) is 2.28. The number of hydrogen-bond acceptors (Lipinski definition) is 2. The van der Waals surface area contributed by atoms with Crippen LogP contribution in [-0.2, 0) is 0 Å². The maximum Gasteiger partial charge on any atom is 0.274 e. The zero-order chi connectivity index (χ0) is 13.1. The summed E-state index contributed by atoms with van der Waals surface area (Å²) < 4.78 is 1.78. The standard InChI is InChI=1S/C13H10Br2N2O/c1-8-4-10(15)6-11(5-8)17-13(18)12-3-2-9(14)7-16-12/h2-7H,1H3,(H,17,18). The first-order valence-electron chi connectivity index (χ1n) is 5.25. The number of hydrogen-bond donors (Lipinski definition) is 1. The van der Waals surface area contributed by atoms with Crippen LogP contribution < -0.4 is 5.32 Å². The van der Waals surface area contributed by atoms with Crippen LogP contribution in [0.1, 0.15) is 16.1 Å². The molecule has 3 nitrogen and oxygen atoms in total. The number of anilines is 1. The van der Waals surface area contributed by atoms with Crippen molar-refractivity contribution in [3.8, 4) is 0 Å². The molecule has 0 atom stereocenters. The maximum atomic E-state index is 11.9. The number of amides is 1. The third-order valence-electron chi connectivity index (χ3n) is 2.26. The number of carbonyl (C=O) groups excluding carboxylic acids is 1. The molecular weight excluding hydrogens is 360 g/mol. The quantitative estimate of drug-likeness (QED) is 0.863. The molecule has 0 fully saturated rings. The number of halogens is 2. The minimum absolute atomic E-state index is 0.222. The second kappa shape index (κ2) is 5.63. The van der Waals surface area contributed by atoms with Crippen molar-refractivity contribution in [2.24, 2.45) is 0 Å². The summed E-state index contributed by atoms with van der Waals surface area (Å²) >= 11 is 6.68. The number of benzene rings is 1. The van der Waals surface area contributed by atoms with Gasteiger partial charge in [-0.2, -0.15) is 0 Å². The van der Waals surface area contributed by atoms with E-state index in [1.54, 1.807) is 18.3 Å². The van der Waals surface area contributed by atoms with Gasteiger partial charge in [-0.15, -0.1) is 0 Å². The summed E-state index contributed by atoms with van der Waals surface area (Å²) in [6.07, 6.45) is 1.60. The summed E-state index contributed by atoms with van der Waals surface area (Å²) in [5.74, 6) is -0.222. The normalized spacial score (nSPS) is 10.2. The van der Waals surface area contributed by atoms with Crippen LogP contribution >= 0.6 is 31.9 Å². The summed E-state index contributed by atoms with van der Waals surface area (Å²) in [7, 11) is 0. The van der Waals surface area contributed by atoms with E-state index in [1.807, 2.05) is 25.1 Å². The highest BCUT2D eigenvalue weighted by Crippen LogP contribution is 2.19. The van der Waals surface area contributed by atoms with Gasteiger partial charge in [0.05, 0.1) is 0 Å². The second-order valence-electron chi connectivity index (χ2n) is 3.83. The fourth-order valence-electron chi connectivity index (χ4n) is 1.51. The molecule has 1 aromatic carbocycles. The van der Waals surface area contributed by atoms with Gasteiger partial charge < -0.3 is 5.32 Å². The van der Waals surface area contributed by atoms with Gasteiger partial charge in [0.25, 0.3) is 5.91 Å². The van der Waals surface area contributed by atoms with E-state index in [2.05, 4.69) is 42.2 Å². The van der Waals surface area contributed by atoms with Crippen LogP contribution in [0.25, 0.3) is 0 Å². The first-order valence-corrected chi connectivity index (χ1v) is 6.83. The van der Waals surface area contributed by atoms with E-state index >= 15 is 0 Å². The number of pyridine rings is 1. The Morgan fingerprint density at radius 2 is 1.94 bits per heavy atom. The van der Waals surface area contributed by atoms with Crippen molar-refractivity contribution in [3.05, 3.63) is 56.7 Å². The highest BCUT2D eigenvalue weighted by Gasteiger charge is 2.07. The zero-order valence-electron chi connectivity index (χ0n) is 9.58. The molecule has 2 rings (SSSR count). The lowest BCUT2D eigenvalue weighted by Crippen LogP contribution is -2.13. The van der Waals surface area contributed by atoms with Gasteiger partial charge in [0, 0.05) is 20.8 Å². The molecule has 0 radical (unpaired) electrons. The number of rotatable bonds is 2. The van der Waals surface area contributed by atoms with Crippen LogP contribution in [0, 0.1) is 6.92 Å². The molecule has 0 aliphatic rings. The van der Waals surface area contributed by atoms with Gasteiger partial charge in [-0.3, -0.25) is 4.79 Å². The van der Waals surface area contributed by atoms with Crippen LogP contribution in [-0.4, -0.2) is 10.9 Å². The van der Waals surface area contributed by atoms with Gasteiger partial charge in [-0.1, -0.05) is 15.9 Å². The van der Waals surface area contributed by atoms with Gasteiger partial charge in [-0.05, 0) is 58.7 Å². The Balaban J connectivity index is 2.18. The number of nitrogens with one attached hydrogen (secondary N) is 1. The Morgan fingerprint density at radius 3 is 2.56 bits per heavy atom. The van der Waals surface area contributed by atoms with E-state index in [4.69, 9.17) is 0 Å². The first kappa shape index (κ1) is 13.2. The molecule has 0 saturated heterocycles. The third-order valence-corrected chi connectivity index (χ3v) is 3.19. The van der Waals surface area contributed by atoms with Crippen LogP contribution in [0.4, 0.5) is 5.69 Å². The van der Waals surface area contributed by atoms with Crippen LogP contribution in [0.3, 0.4) is 0 Å². The average molecular weight is 370 g/mol. The lowest BCUT2D eigenvalue weighted by molar-refractivity contribution is 0.102. The number of carbonyl (C=O) groups is 1. The topological polar surface area (TPSA) is 42.0 Å². The summed E-state index contributed by atoms with van der Waals surface area (Å²) in [6, 6.07) is 9.19. The van der Waals surface area contributed by atoms with E-state index in [0.717, 1.165) is 20.2 Å². The predicted molar refractivity (Wildman–Crippen MR) is 78.8 cm³/mol. The molecule has 0 spiro atoms. The highest BCUT2D eigenvalue weighted by atomic mass is 79.9. The SMILES string of the molecule is Cc1cc(Br)cc(NC(=O)c2ccc(Br)cn2)c1. The van der Waals surface area contributed by atoms with E-state index in [9.17, 15) is 4.79 Å². The molecule has 0 bridgehead atoms. The van der Waals surface area contributed by atoms with Crippen molar-refractivity contribution in [2.75, 3.05) is 5.32 Å². The second-order valence-corrected chi connectivity index (χ2v) is 5.66. The summed E-state index contributed by atoms with van der Waals surface area (Å²) in [6.45, 7) is 1.97. The maximum absolute atomic E-state index is 11.9. The smallest absolute Gasteiger partial charge is 0.274 e. The highest BCUT2D eigenvalue weighted by molar-refractivity contribution is 9.10. The number of aromatic nitrogens is 1. The Kier molecular flexibility index (Phi) is 4.14. The van der Waals surface area contributed by atoms with Crippen LogP contribution in [0.5, 0.6) is 0 Å². The van der Waals surface area contributed by atoms with E-state index in [1.165, 1.54) is 0 Å². The van der Waals surface area contributed by atoms with Gasteiger partial charge >= 0.3 is 0 Å². The van der Waals surface area contributed by atoms with Crippen LogP contribution in [0.2, 0.25) is 0 Å². The van der Waals surface area contributed by atoms with Gasteiger partial charge in [-0.25, -0.2) is 4.98 Å². The fourth-order valence-corrected chi connectivity index (χ4v) is 2.36. The van der Waals surface area contributed by atoms with Gasteiger partial charge in [0.1, 0.15) is 5.69 Å². The number of nitrogens with zero attached hydrogens (tertiary/aromatic N) is 1. The van der Waals surface area contributed by atoms with E-state index in [0.29, 0.717) is 5.69 Å². The first-order chi connectivity index (χ1) is 8.54. The number of aryl methyl sites for hydroxylation is 1. The predicted octanol–water partition coefficient (Wildman–Crippen LogP) is 4.17. The van der Waals surface area contributed by atoms with Crippen LogP contribution in [0.15, 0.2) is 45.5 Å². The Morgan fingerprint density at radius 1 is 1.17 bits per heavy atom. The monoisotopic (exact) mass is 368 g/mol. The van der Waals surface area contributed by atoms with E-state index < -0.39 is 0 Å². The minimum Gasteiger partial charge on any atom is -0.321 e. The molecular formula is C13H10Br2N2O. The molecule has 1 aromatic heterocycles. The Bertz CT molecular complexity index is 562. The van der Waals surface area contributed by atoms with Gasteiger partial charge in [0.15, 0.2) is 0 Å².